The summed E-state index contributed by atoms with van der Waals surface area (Å²) in [7, 11) is 0. The predicted molar refractivity (Wildman–Crippen MR) is 52.4 cm³/mol. The average molecular weight is 187 g/mol. The lowest BCUT2D eigenvalue weighted by Crippen LogP contribution is -2.19. The lowest BCUT2D eigenvalue weighted by Gasteiger charge is -2.12. The molecule has 4 heteroatoms. The number of rotatable bonds is 0. The molecule has 14 heavy (non-hydrogen) atoms. The summed E-state index contributed by atoms with van der Waals surface area (Å²) in [5.74, 6) is -0.299. The fourth-order valence-corrected chi connectivity index (χ4v) is 1.95. The zero-order valence-electron chi connectivity index (χ0n) is 7.45. The molecule has 0 aromatic carbocycles. The van der Waals surface area contributed by atoms with Crippen molar-refractivity contribution in [2.45, 2.75) is 0 Å². The van der Waals surface area contributed by atoms with Crippen molar-refractivity contribution >= 4 is 12.1 Å². The van der Waals surface area contributed by atoms with Gasteiger partial charge in [-0.25, -0.2) is 4.99 Å². The number of hydrogen-bond donors (Lipinski definition) is 2. The third-order valence-electron chi connectivity index (χ3n) is 2.60. The van der Waals surface area contributed by atoms with Crippen LogP contribution < -0.4 is 10.6 Å². The van der Waals surface area contributed by atoms with Crippen LogP contribution in [0, 0.1) is 5.92 Å². The van der Waals surface area contributed by atoms with Gasteiger partial charge in [0.05, 0.1) is 0 Å². The third-order valence-corrected chi connectivity index (χ3v) is 2.60. The fourth-order valence-electron chi connectivity index (χ4n) is 1.95. The molecule has 1 unspecified atom stereocenters. The number of amides is 1. The van der Waals surface area contributed by atoms with E-state index in [4.69, 9.17) is 0 Å². The quantitative estimate of drug-likeness (QED) is 0.564. The Morgan fingerprint density at radius 2 is 2.43 bits per heavy atom. The number of carbonyl (C=O) groups excluding carboxylic acids is 1. The van der Waals surface area contributed by atoms with Gasteiger partial charge in [0.1, 0.15) is 5.92 Å². The third kappa shape index (κ3) is 0.878. The zero-order valence-corrected chi connectivity index (χ0v) is 7.45. The summed E-state index contributed by atoms with van der Waals surface area (Å²) in [6.07, 6.45) is 7.34. The van der Waals surface area contributed by atoms with Gasteiger partial charge >= 0.3 is 0 Å². The highest BCUT2D eigenvalue weighted by Crippen LogP contribution is 2.34. The van der Waals surface area contributed by atoms with E-state index in [0.29, 0.717) is 0 Å². The number of dihydropyridines is 2. The first-order valence-electron chi connectivity index (χ1n) is 4.55. The predicted octanol–water partition coefficient (Wildman–Crippen LogP) is 0.0717. The van der Waals surface area contributed by atoms with E-state index in [0.717, 1.165) is 23.5 Å². The molecule has 1 amide bonds. The Balaban J connectivity index is 2.11. The van der Waals surface area contributed by atoms with Gasteiger partial charge in [0.15, 0.2) is 0 Å². The molecular weight excluding hydrogens is 178 g/mol. The highest BCUT2D eigenvalue weighted by molar-refractivity contribution is 5.99. The van der Waals surface area contributed by atoms with Crippen LogP contribution in [0.1, 0.15) is 0 Å². The van der Waals surface area contributed by atoms with Crippen molar-refractivity contribution in [1.29, 1.82) is 0 Å². The van der Waals surface area contributed by atoms with Gasteiger partial charge in [-0.2, -0.15) is 0 Å². The molecule has 1 atom stereocenters. The normalized spacial score (nSPS) is 27.9. The molecule has 3 aliphatic heterocycles. The van der Waals surface area contributed by atoms with Gasteiger partial charge in [-0.3, -0.25) is 4.79 Å². The molecule has 0 radical (unpaired) electrons. The van der Waals surface area contributed by atoms with Crippen LogP contribution in [0.25, 0.3) is 0 Å². The van der Waals surface area contributed by atoms with E-state index in [1.807, 2.05) is 18.4 Å². The van der Waals surface area contributed by atoms with Crippen LogP contribution in [-0.4, -0.2) is 18.7 Å². The van der Waals surface area contributed by atoms with Gasteiger partial charge < -0.3 is 10.6 Å². The van der Waals surface area contributed by atoms with Crippen molar-refractivity contribution in [2.75, 3.05) is 6.54 Å². The summed E-state index contributed by atoms with van der Waals surface area (Å²) >= 11 is 0. The first kappa shape index (κ1) is 7.55. The minimum Gasteiger partial charge on any atom is -0.387 e. The number of fused-ring (bicyclic) bond motifs is 3. The summed E-state index contributed by atoms with van der Waals surface area (Å²) in [4.78, 5) is 15.3. The van der Waals surface area contributed by atoms with E-state index in [1.165, 1.54) is 0 Å². The number of carbonyl (C=O) groups is 1. The van der Waals surface area contributed by atoms with Gasteiger partial charge in [-0.05, 0) is 12.2 Å². The molecule has 0 aromatic rings. The number of nitrogens with one attached hydrogen (secondary N) is 2. The molecule has 70 valence electrons. The molecule has 0 bridgehead atoms. The largest absolute Gasteiger partial charge is 0.387 e. The second-order valence-corrected chi connectivity index (χ2v) is 3.42. The van der Waals surface area contributed by atoms with E-state index in [1.54, 1.807) is 6.21 Å². The molecule has 3 aliphatic rings. The Morgan fingerprint density at radius 1 is 1.50 bits per heavy atom. The molecule has 0 aromatic heterocycles. The molecule has 4 nitrogen and oxygen atoms in total. The maximum absolute atomic E-state index is 11.6. The van der Waals surface area contributed by atoms with Crippen LogP contribution in [-0.2, 0) is 4.79 Å². The molecule has 2 N–H and O–H groups in total. The average Bonchev–Trinajstić information content (AvgIpc) is 2.57. The van der Waals surface area contributed by atoms with Crippen molar-refractivity contribution in [3.63, 3.8) is 0 Å². The van der Waals surface area contributed by atoms with Crippen LogP contribution in [0.4, 0.5) is 0 Å². The van der Waals surface area contributed by atoms with Crippen LogP contribution in [0.2, 0.25) is 0 Å². The standard InChI is InChI=1S/C10H9N3O/c14-10-9-6-5-11-3-1-7(6)13-8(9)2-4-12-10/h1-2,4-5,9,11,13H,3H2. The lowest BCUT2D eigenvalue weighted by molar-refractivity contribution is -0.119. The summed E-state index contributed by atoms with van der Waals surface area (Å²) < 4.78 is 0. The highest BCUT2D eigenvalue weighted by atomic mass is 16.1. The molecule has 1 fully saturated rings. The molecule has 0 saturated carbocycles. The van der Waals surface area contributed by atoms with Crippen LogP contribution in [0.3, 0.4) is 0 Å². The molecule has 1 saturated heterocycles. The summed E-state index contributed by atoms with van der Waals surface area (Å²) in [6.45, 7) is 0.806. The topological polar surface area (TPSA) is 53.5 Å². The van der Waals surface area contributed by atoms with Gasteiger partial charge in [-0.15, -0.1) is 0 Å². The highest BCUT2D eigenvalue weighted by Gasteiger charge is 2.37. The summed E-state index contributed by atoms with van der Waals surface area (Å²) in [5.41, 5.74) is 2.98. The Kier molecular flexibility index (Phi) is 1.39. The van der Waals surface area contributed by atoms with Crippen molar-refractivity contribution in [2.24, 2.45) is 10.9 Å². The van der Waals surface area contributed by atoms with Crippen molar-refractivity contribution < 1.29 is 4.79 Å². The Bertz CT molecular complexity index is 429. The fraction of sp³-hybridized carbons (Fsp3) is 0.200. The maximum atomic E-state index is 11.6. The van der Waals surface area contributed by atoms with Crippen molar-refractivity contribution in [3.05, 3.63) is 35.3 Å². The van der Waals surface area contributed by atoms with Gasteiger partial charge in [0.2, 0.25) is 0 Å². The molecule has 0 aliphatic carbocycles. The SMILES string of the molecule is O=C1N=CC=C2NC3=CCNC=C3C12. The van der Waals surface area contributed by atoms with Gasteiger partial charge in [0, 0.05) is 35.9 Å². The van der Waals surface area contributed by atoms with Crippen molar-refractivity contribution in [3.8, 4) is 0 Å². The molecular formula is C10H9N3O. The number of allylic oxidation sites excluding steroid dienone is 2. The van der Waals surface area contributed by atoms with Crippen molar-refractivity contribution in [1.82, 2.24) is 10.6 Å². The van der Waals surface area contributed by atoms with E-state index in [-0.39, 0.29) is 11.8 Å². The molecule has 3 heterocycles. The number of hydrogen-bond acceptors (Lipinski definition) is 3. The lowest BCUT2D eigenvalue weighted by atomic mass is 9.96. The second-order valence-electron chi connectivity index (χ2n) is 3.42. The van der Waals surface area contributed by atoms with E-state index in [9.17, 15) is 4.79 Å². The van der Waals surface area contributed by atoms with E-state index in [2.05, 4.69) is 15.6 Å². The van der Waals surface area contributed by atoms with Gasteiger partial charge in [-0.1, -0.05) is 0 Å². The minimum absolute atomic E-state index is 0.0895. The Labute approximate surface area is 81.1 Å². The zero-order chi connectivity index (χ0) is 9.54. The van der Waals surface area contributed by atoms with Crippen LogP contribution in [0.5, 0.6) is 0 Å². The molecule has 0 spiro atoms. The second kappa shape index (κ2) is 2.57. The van der Waals surface area contributed by atoms with E-state index < -0.39 is 0 Å². The smallest absolute Gasteiger partial charge is 0.259 e. The summed E-state index contributed by atoms with van der Waals surface area (Å²) in [6, 6.07) is 0. The minimum atomic E-state index is -0.209. The Hall–Kier alpha value is -1.84. The maximum Gasteiger partial charge on any atom is 0.259 e. The first-order chi connectivity index (χ1) is 6.86. The summed E-state index contributed by atoms with van der Waals surface area (Å²) in [5, 5.41) is 6.33. The first-order valence-corrected chi connectivity index (χ1v) is 4.55. The van der Waals surface area contributed by atoms with E-state index >= 15 is 0 Å². The van der Waals surface area contributed by atoms with Crippen LogP contribution in [0.15, 0.2) is 40.3 Å². The van der Waals surface area contributed by atoms with Gasteiger partial charge in [0.25, 0.3) is 5.91 Å². The molecule has 3 rings (SSSR count). The number of nitrogens with zero attached hydrogens (tertiary/aromatic N) is 1. The number of aliphatic imine (C=N–C) groups is 1. The Morgan fingerprint density at radius 3 is 3.36 bits per heavy atom. The van der Waals surface area contributed by atoms with Crippen LogP contribution >= 0.6 is 0 Å². The monoisotopic (exact) mass is 187 g/mol.